The first-order chi connectivity index (χ1) is 7.06. The summed E-state index contributed by atoms with van der Waals surface area (Å²) in [5.74, 6) is 0.642. The van der Waals surface area contributed by atoms with Crippen molar-refractivity contribution in [3.8, 4) is 5.75 Å². The van der Waals surface area contributed by atoms with Crippen molar-refractivity contribution in [1.82, 2.24) is 0 Å². The topological polar surface area (TPSA) is 35.2 Å². The molecule has 3 heteroatoms. The molecule has 0 fully saturated rings. The SMILES string of the molecule is CC(C)C(C)Oc1cccc(F)c1CN. The second-order valence-electron chi connectivity index (χ2n) is 3.99. The minimum absolute atomic E-state index is 0.0529. The Bertz CT molecular complexity index is 325. The Labute approximate surface area is 90.2 Å². The van der Waals surface area contributed by atoms with Gasteiger partial charge in [0.05, 0.1) is 6.10 Å². The summed E-state index contributed by atoms with van der Waals surface area (Å²) in [6.07, 6.45) is 0.0529. The summed E-state index contributed by atoms with van der Waals surface area (Å²) in [5, 5.41) is 0. The number of hydrogen-bond acceptors (Lipinski definition) is 2. The fraction of sp³-hybridized carbons (Fsp3) is 0.500. The van der Waals surface area contributed by atoms with Crippen molar-refractivity contribution in [2.24, 2.45) is 11.7 Å². The van der Waals surface area contributed by atoms with E-state index in [0.717, 1.165) is 0 Å². The summed E-state index contributed by atoms with van der Waals surface area (Å²) < 4.78 is 19.0. The van der Waals surface area contributed by atoms with Gasteiger partial charge in [-0.2, -0.15) is 0 Å². The van der Waals surface area contributed by atoms with E-state index in [4.69, 9.17) is 10.5 Å². The number of ether oxygens (including phenoxy) is 1. The molecule has 2 nitrogen and oxygen atoms in total. The lowest BCUT2D eigenvalue weighted by molar-refractivity contribution is 0.168. The Kier molecular flexibility index (Phi) is 4.09. The minimum atomic E-state index is -0.300. The zero-order chi connectivity index (χ0) is 11.4. The Morgan fingerprint density at radius 2 is 2.00 bits per heavy atom. The average molecular weight is 211 g/mol. The first kappa shape index (κ1) is 12.0. The smallest absolute Gasteiger partial charge is 0.131 e. The van der Waals surface area contributed by atoms with Crippen LogP contribution >= 0.6 is 0 Å². The van der Waals surface area contributed by atoms with Crippen LogP contribution in [0.15, 0.2) is 18.2 Å². The number of nitrogens with two attached hydrogens (primary N) is 1. The molecule has 0 aromatic heterocycles. The average Bonchev–Trinajstić information content (AvgIpc) is 2.18. The van der Waals surface area contributed by atoms with Crippen LogP contribution in [0, 0.1) is 11.7 Å². The van der Waals surface area contributed by atoms with Crippen LogP contribution in [0.1, 0.15) is 26.3 Å². The van der Waals surface area contributed by atoms with Crippen LogP contribution in [0.25, 0.3) is 0 Å². The van der Waals surface area contributed by atoms with Crippen LogP contribution in [0.5, 0.6) is 5.75 Å². The van der Waals surface area contributed by atoms with Gasteiger partial charge in [-0.3, -0.25) is 0 Å². The maximum absolute atomic E-state index is 13.3. The molecule has 84 valence electrons. The fourth-order valence-electron chi connectivity index (χ4n) is 1.18. The maximum atomic E-state index is 13.3. The van der Waals surface area contributed by atoms with Crippen LogP contribution in [0.2, 0.25) is 0 Å². The lowest BCUT2D eigenvalue weighted by Crippen LogP contribution is -2.20. The van der Waals surface area contributed by atoms with Crippen LogP contribution in [-0.4, -0.2) is 6.10 Å². The van der Waals surface area contributed by atoms with Gasteiger partial charge in [-0.05, 0) is 25.0 Å². The standard InChI is InChI=1S/C12H18FNO/c1-8(2)9(3)15-12-6-4-5-11(13)10(12)7-14/h4-6,8-9H,7,14H2,1-3H3. The van der Waals surface area contributed by atoms with E-state index in [9.17, 15) is 4.39 Å². The largest absolute Gasteiger partial charge is 0.490 e. The zero-order valence-electron chi connectivity index (χ0n) is 9.46. The van der Waals surface area contributed by atoms with E-state index in [1.165, 1.54) is 6.07 Å². The molecule has 0 spiro atoms. The molecule has 1 rings (SSSR count). The maximum Gasteiger partial charge on any atom is 0.131 e. The van der Waals surface area contributed by atoms with Gasteiger partial charge in [0.15, 0.2) is 0 Å². The lowest BCUT2D eigenvalue weighted by atomic mass is 10.1. The van der Waals surface area contributed by atoms with Crippen molar-refractivity contribution in [3.05, 3.63) is 29.6 Å². The highest BCUT2D eigenvalue weighted by Gasteiger charge is 2.13. The molecule has 0 bridgehead atoms. The molecule has 0 aliphatic carbocycles. The first-order valence-corrected chi connectivity index (χ1v) is 5.20. The monoisotopic (exact) mass is 211 g/mol. The highest BCUT2D eigenvalue weighted by molar-refractivity contribution is 5.34. The molecule has 1 atom stereocenters. The first-order valence-electron chi connectivity index (χ1n) is 5.20. The highest BCUT2D eigenvalue weighted by Crippen LogP contribution is 2.23. The molecule has 2 N–H and O–H groups in total. The van der Waals surface area contributed by atoms with Gasteiger partial charge < -0.3 is 10.5 Å². The summed E-state index contributed by atoms with van der Waals surface area (Å²) in [5.41, 5.74) is 5.93. The molecule has 0 radical (unpaired) electrons. The zero-order valence-corrected chi connectivity index (χ0v) is 9.46. The Balaban J connectivity index is 2.89. The quantitative estimate of drug-likeness (QED) is 0.831. The van der Waals surface area contributed by atoms with Gasteiger partial charge in [-0.25, -0.2) is 4.39 Å². The number of halogens is 1. The molecule has 1 aromatic carbocycles. The third-order valence-corrected chi connectivity index (χ3v) is 2.53. The van der Waals surface area contributed by atoms with E-state index in [-0.39, 0.29) is 18.5 Å². The third kappa shape index (κ3) is 2.93. The van der Waals surface area contributed by atoms with Crippen LogP contribution in [0.3, 0.4) is 0 Å². The molecule has 1 aromatic rings. The molecule has 1 unspecified atom stereocenters. The summed E-state index contributed by atoms with van der Waals surface area (Å²) in [4.78, 5) is 0. The van der Waals surface area contributed by atoms with Crippen molar-refractivity contribution in [3.63, 3.8) is 0 Å². The summed E-state index contributed by atoms with van der Waals surface area (Å²) in [7, 11) is 0. The van der Waals surface area contributed by atoms with Gasteiger partial charge in [0.1, 0.15) is 11.6 Å². The van der Waals surface area contributed by atoms with E-state index in [0.29, 0.717) is 17.2 Å². The second kappa shape index (κ2) is 5.12. The van der Waals surface area contributed by atoms with Crippen molar-refractivity contribution in [2.45, 2.75) is 33.4 Å². The molecular formula is C12H18FNO. The van der Waals surface area contributed by atoms with Crippen molar-refractivity contribution in [1.29, 1.82) is 0 Å². The van der Waals surface area contributed by atoms with E-state index < -0.39 is 0 Å². The van der Waals surface area contributed by atoms with E-state index in [2.05, 4.69) is 13.8 Å². The fourth-order valence-corrected chi connectivity index (χ4v) is 1.18. The van der Waals surface area contributed by atoms with Crippen LogP contribution < -0.4 is 10.5 Å². The second-order valence-corrected chi connectivity index (χ2v) is 3.99. The molecule has 0 aliphatic heterocycles. The summed E-state index contributed by atoms with van der Waals surface area (Å²) in [6.45, 7) is 6.25. The molecule has 0 saturated carbocycles. The Morgan fingerprint density at radius 1 is 1.33 bits per heavy atom. The van der Waals surface area contributed by atoms with Crippen LogP contribution in [0.4, 0.5) is 4.39 Å². The van der Waals surface area contributed by atoms with Gasteiger partial charge in [0.25, 0.3) is 0 Å². The summed E-state index contributed by atoms with van der Waals surface area (Å²) >= 11 is 0. The van der Waals surface area contributed by atoms with Gasteiger partial charge in [0.2, 0.25) is 0 Å². The normalized spacial score (nSPS) is 12.9. The predicted octanol–water partition coefficient (Wildman–Crippen LogP) is 2.71. The molecule has 0 aliphatic rings. The lowest BCUT2D eigenvalue weighted by Gasteiger charge is -2.20. The molecular weight excluding hydrogens is 193 g/mol. The molecule has 15 heavy (non-hydrogen) atoms. The van der Waals surface area contributed by atoms with E-state index in [1.807, 2.05) is 6.92 Å². The molecule has 0 heterocycles. The molecule has 0 amide bonds. The Morgan fingerprint density at radius 3 is 2.53 bits per heavy atom. The van der Waals surface area contributed by atoms with Gasteiger partial charge in [-0.1, -0.05) is 19.9 Å². The number of benzene rings is 1. The van der Waals surface area contributed by atoms with Gasteiger partial charge in [0, 0.05) is 12.1 Å². The van der Waals surface area contributed by atoms with Crippen molar-refractivity contribution < 1.29 is 9.13 Å². The van der Waals surface area contributed by atoms with Gasteiger partial charge in [-0.15, -0.1) is 0 Å². The Hall–Kier alpha value is -1.09. The van der Waals surface area contributed by atoms with E-state index >= 15 is 0 Å². The highest BCUT2D eigenvalue weighted by atomic mass is 19.1. The van der Waals surface area contributed by atoms with E-state index in [1.54, 1.807) is 12.1 Å². The minimum Gasteiger partial charge on any atom is -0.490 e. The third-order valence-electron chi connectivity index (χ3n) is 2.53. The molecule has 0 saturated heterocycles. The van der Waals surface area contributed by atoms with Crippen LogP contribution in [-0.2, 0) is 6.54 Å². The van der Waals surface area contributed by atoms with Crippen molar-refractivity contribution >= 4 is 0 Å². The number of rotatable bonds is 4. The van der Waals surface area contributed by atoms with Gasteiger partial charge >= 0.3 is 0 Å². The number of hydrogen-bond donors (Lipinski definition) is 1. The predicted molar refractivity (Wildman–Crippen MR) is 59.2 cm³/mol. The summed E-state index contributed by atoms with van der Waals surface area (Å²) in [6, 6.07) is 4.79. The van der Waals surface area contributed by atoms with Crippen molar-refractivity contribution in [2.75, 3.05) is 0 Å².